The number of benzene rings is 2. The molecule has 0 fully saturated rings. The molecule has 1 atom stereocenters. The molecule has 0 radical (unpaired) electrons. The Bertz CT molecular complexity index is 912. The highest BCUT2D eigenvalue weighted by Gasteiger charge is 2.33. The van der Waals surface area contributed by atoms with E-state index in [1.54, 1.807) is 18.4 Å². The maximum absolute atomic E-state index is 13.3. The second-order valence-corrected chi connectivity index (χ2v) is 7.59. The third-order valence-electron chi connectivity index (χ3n) is 4.96. The maximum atomic E-state index is 13.3. The van der Waals surface area contributed by atoms with Crippen LogP contribution in [0.2, 0.25) is 0 Å². The molecule has 0 saturated carbocycles. The summed E-state index contributed by atoms with van der Waals surface area (Å²) in [5.74, 6) is 0.825. The largest absolute Gasteiger partial charge is 0.497 e. The minimum atomic E-state index is -0.0276. The molecule has 0 bridgehead atoms. The fourth-order valence-electron chi connectivity index (χ4n) is 3.54. The number of aryl methyl sites for hydroxylation is 1. The lowest BCUT2D eigenvalue weighted by Crippen LogP contribution is -2.40. The van der Waals surface area contributed by atoms with Crippen molar-refractivity contribution in [3.05, 3.63) is 87.1 Å². The highest BCUT2D eigenvalue weighted by molar-refractivity contribution is 7.10. The number of hydrogen-bond acceptors (Lipinski definition) is 3. The highest BCUT2D eigenvalue weighted by Crippen LogP contribution is 2.38. The van der Waals surface area contributed by atoms with Crippen molar-refractivity contribution in [3.63, 3.8) is 0 Å². The Labute approximate surface area is 157 Å². The van der Waals surface area contributed by atoms with Crippen LogP contribution in [0, 0.1) is 6.92 Å². The van der Waals surface area contributed by atoms with Gasteiger partial charge in [0.15, 0.2) is 0 Å². The van der Waals surface area contributed by atoms with Crippen LogP contribution in [-0.2, 0) is 6.42 Å². The van der Waals surface area contributed by atoms with Crippen LogP contribution in [0.25, 0.3) is 0 Å². The van der Waals surface area contributed by atoms with E-state index < -0.39 is 0 Å². The molecule has 3 nitrogen and oxygen atoms in total. The van der Waals surface area contributed by atoms with Crippen molar-refractivity contribution in [2.24, 2.45) is 0 Å². The van der Waals surface area contributed by atoms with Gasteiger partial charge in [-0.25, -0.2) is 0 Å². The summed E-state index contributed by atoms with van der Waals surface area (Å²) in [6, 6.07) is 18.0. The molecule has 0 N–H and O–H groups in total. The van der Waals surface area contributed by atoms with Crippen molar-refractivity contribution in [1.29, 1.82) is 0 Å². The van der Waals surface area contributed by atoms with Gasteiger partial charge in [0, 0.05) is 17.0 Å². The SMILES string of the molecule is COc1ccc(C(=O)N2CCc3sccc3C2c2ccc(C)cc2)cc1. The molecule has 4 heteroatoms. The first-order valence-corrected chi connectivity index (χ1v) is 9.63. The molecule has 1 amide bonds. The monoisotopic (exact) mass is 363 g/mol. The lowest BCUT2D eigenvalue weighted by molar-refractivity contribution is 0.0696. The fourth-order valence-corrected chi connectivity index (χ4v) is 4.45. The van der Waals surface area contributed by atoms with Crippen LogP contribution in [0.4, 0.5) is 0 Å². The van der Waals surface area contributed by atoms with E-state index in [1.807, 2.05) is 29.2 Å². The summed E-state index contributed by atoms with van der Waals surface area (Å²) in [6.07, 6.45) is 0.914. The molecule has 2 heterocycles. The number of fused-ring (bicyclic) bond motifs is 1. The normalized spacial score (nSPS) is 16.2. The summed E-state index contributed by atoms with van der Waals surface area (Å²) in [5, 5.41) is 2.13. The number of carbonyl (C=O) groups excluding carboxylic acids is 1. The molecule has 4 rings (SSSR count). The van der Waals surface area contributed by atoms with Crippen molar-refractivity contribution in [2.45, 2.75) is 19.4 Å². The minimum absolute atomic E-state index is 0.0276. The number of ether oxygens (including phenoxy) is 1. The van der Waals surface area contributed by atoms with Crippen LogP contribution in [0.15, 0.2) is 60.0 Å². The molecule has 0 saturated heterocycles. The zero-order chi connectivity index (χ0) is 18.1. The van der Waals surface area contributed by atoms with Gasteiger partial charge in [0.1, 0.15) is 5.75 Å². The van der Waals surface area contributed by atoms with E-state index >= 15 is 0 Å². The van der Waals surface area contributed by atoms with Gasteiger partial charge >= 0.3 is 0 Å². The number of carbonyl (C=O) groups is 1. The van der Waals surface area contributed by atoms with E-state index in [-0.39, 0.29) is 11.9 Å². The minimum Gasteiger partial charge on any atom is -0.497 e. The molecular weight excluding hydrogens is 342 g/mol. The Morgan fingerprint density at radius 3 is 2.50 bits per heavy atom. The number of rotatable bonds is 3. The van der Waals surface area contributed by atoms with Gasteiger partial charge in [-0.1, -0.05) is 29.8 Å². The average molecular weight is 363 g/mol. The maximum Gasteiger partial charge on any atom is 0.254 e. The average Bonchev–Trinajstić information content (AvgIpc) is 3.16. The third kappa shape index (κ3) is 3.01. The van der Waals surface area contributed by atoms with Crippen LogP contribution >= 0.6 is 11.3 Å². The van der Waals surface area contributed by atoms with E-state index in [0.29, 0.717) is 5.56 Å². The van der Waals surface area contributed by atoms with Gasteiger partial charge in [-0.05, 0) is 60.2 Å². The standard InChI is InChI=1S/C22H21NO2S/c1-15-3-5-16(6-4-15)21-19-12-14-26-20(19)11-13-23(21)22(24)17-7-9-18(25-2)10-8-17/h3-10,12,14,21H,11,13H2,1-2H3. The predicted molar refractivity (Wildman–Crippen MR) is 105 cm³/mol. The molecule has 1 aliphatic rings. The fraction of sp³-hybridized carbons (Fsp3) is 0.227. The van der Waals surface area contributed by atoms with E-state index in [1.165, 1.54) is 16.0 Å². The molecule has 1 aromatic heterocycles. The zero-order valence-electron chi connectivity index (χ0n) is 14.9. The zero-order valence-corrected chi connectivity index (χ0v) is 15.8. The summed E-state index contributed by atoms with van der Waals surface area (Å²) < 4.78 is 5.21. The third-order valence-corrected chi connectivity index (χ3v) is 5.95. The van der Waals surface area contributed by atoms with Crippen molar-refractivity contribution in [2.75, 3.05) is 13.7 Å². The van der Waals surface area contributed by atoms with Crippen LogP contribution in [-0.4, -0.2) is 24.5 Å². The summed E-state index contributed by atoms with van der Waals surface area (Å²) in [7, 11) is 1.63. The van der Waals surface area contributed by atoms with E-state index in [0.717, 1.165) is 24.3 Å². The highest BCUT2D eigenvalue weighted by atomic mass is 32.1. The Hall–Kier alpha value is -2.59. The van der Waals surface area contributed by atoms with Gasteiger partial charge in [-0.3, -0.25) is 4.79 Å². The predicted octanol–water partition coefficient (Wildman–Crippen LogP) is 4.85. The van der Waals surface area contributed by atoms with E-state index in [9.17, 15) is 4.79 Å². The first kappa shape index (κ1) is 16.9. The number of hydrogen-bond donors (Lipinski definition) is 0. The first-order valence-electron chi connectivity index (χ1n) is 8.75. The van der Waals surface area contributed by atoms with Gasteiger partial charge in [-0.2, -0.15) is 0 Å². The summed E-state index contributed by atoms with van der Waals surface area (Å²) in [6.45, 7) is 2.82. The molecule has 132 valence electrons. The smallest absolute Gasteiger partial charge is 0.254 e. The Balaban J connectivity index is 1.73. The van der Waals surface area contributed by atoms with Gasteiger partial charge in [0.25, 0.3) is 5.91 Å². The quantitative estimate of drug-likeness (QED) is 0.665. The lowest BCUT2D eigenvalue weighted by Gasteiger charge is -2.36. The Kier molecular flexibility index (Phi) is 4.51. The summed E-state index contributed by atoms with van der Waals surface area (Å²) >= 11 is 1.79. The summed E-state index contributed by atoms with van der Waals surface area (Å²) in [4.78, 5) is 16.7. The molecule has 1 aliphatic heterocycles. The number of amides is 1. The van der Waals surface area contributed by atoms with Gasteiger partial charge in [0.05, 0.1) is 13.2 Å². The topological polar surface area (TPSA) is 29.5 Å². The van der Waals surface area contributed by atoms with Crippen molar-refractivity contribution in [3.8, 4) is 5.75 Å². The number of thiophene rings is 1. The van der Waals surface area contributed by atoms with Gasteiger partial charge in [0.2, 0.25) is 0 Å². The Morgan fingerprint density at radius 1 is 1.08 bits per heavy atom. The van der Waals surface area contributed by atoms with Crippen LogP contribution in [0.3, 0.4) is 0 Å². The second-order valence-electron chi connectivity index (χ2n) is 6.59. The molecule has 1 unspecified atom stereocenters. The van der Waals surface area contributed by atoms with Crippen molar-refractivity contribution < 1.29 is 9.53 Å². The van der Waals surface area contributed by atoms with Crippen LogP contribution in [0.5, 0.6) is 5.75 Å². The van der Waals surface area contributed by atoms with E-state index in [4.69, 9.17) is 4.74 Å². The second kappa shape index (κ2) is 6.96. The van der Waals surface area contributed by atoms with Crippen molar-refractivity contribution in [1.82, 2.24) is 4.90 Å². The van der Waals surface area contributed by atoms with Gasteiger partial charge < -0.3 is 9.64 Å². The summed E-state index contributed by atoms with van der Waals surface area (Å²) in [5.41, 5.74) is 4.34. The molecule has 26 heavy (non-hydrogen) atoms. The number of nitrogens with zero attached hydrogens (tertiary/aromatic N) is 1. The molecule has 2 aromatic carbocycles. The molecule has 0 aliphatic carbocycles. The number of methoxy groups -OCH3 is 1. The van der Waals surface area contributed by atoms with Crippen LogP contribution in [0.1, 0.15) is 38.0 Å². The molecule has 3 aromatic rings. The lowest BCUT2D eigenvalue weighted by atomic mass is 9.92. The first-order chi connectivity index (χ1) is 12.7. The van der Waals surface area contributed by atoms with E-state index in [2.05, 4.69) is 42.6 Å². The van der Waals surface area contributed by atoms with Crippen LogP contribution < -0.4 is 4.74 Å². The van der Waals surface area contributed by atoms with Gasteiger partial charge in [-0.15, -0.1) is 11.3 Å². The van der Waals surface area contributed by atoms with Crippen molar-refractivity contribution >= 4 is 17.2 Å². The molecular formula is C22H21NO2S. The molecule has 0 spiro atoms. The Morgan fingerprint density at radius 2 is 1.81 bits per heavy atom.